The number of H-pyrrole nitrogens is 1. The van der Waals surface area contributed by atoms with E-state index < -0.39 is 0 Å². The third kappa shape index (κ3) is 3.39. The van der Waals surface area contributed by atoms with Crippen LogP contribution in [0.15, 0.2) is 24.4 Å². The molecule has 0 unspecified atom stereocenters. The van der Waals surface area contributed by atoms with E-state index in [1.165, 1.54) is 0 Å². The first-order chi connectivity index (χ1) is 12.4. The third-order valence-electron chi connectivity index (χ3n) is 5.48. The van der Waals surface area contributed by atoms with Gasteiger partial charge in [0, 0.05) is 37.9 Å². The minimum absolute atomic E-state index is 0.00283. The lowest BCUT2D eigenvalue weighted by atomic mass is 9.93. The molecule has 2 aromatic rings. The molecule has 1 fully saturated rings. The van der Waals surface area contributed by atoms with Gasteiger partial charge in [0.05, 0.1) is 0 Å². The summed E-state index contributed by atoms with van der Waals surface area (Å²) in [5, 5.41) is 0. The summed E-state index contributed by atoms with van der Waals surface area (Å²) >= 11 is 0. The van der Waals surface area contributed by atoms with E-state index in [-0.39, 0.29) is 11.8 Å². The van der Waals surface area contributed by atoms with Crippen LogP contribution in [0.25, 0.3) is 0 Å². The number of rotatable bonds is 2. The fraction of sp³-hybridized carbons (Fsp3) is 0.429. The molecule has 1 aromatic heterocycles. The molecule has 1 aliphatic rings. The maximum absolute atomic E-state index is 13.2. The van der Waals surface area contributed by atoms with Gasteiger partial charge in [-0.25, -0.2) is 0 Å². The molecule has 0 bridgehead atoms. The van der Waals surface area contributed by atoms with E-state index in [1.807, 2.05) is 29.7 Å². The number of benzene rings is 1. The van der Waals surface area contributed by atoms with Crippen LogP contribution in [-0.4, -0.2) is 52.8 Å². The maximum Gasteiger partial charge on any atom is 0.270 e. The highest BCUT2D eigenvalue weighted by Crippen LogP contribution is 2.24. The van der Waals surface area contributed by atoms with Gasteiger partial charge in [-0.15, -0.1) is 0 Å². The average Bonchev–Trinajstić information content (AvgIpc) is 3.04. The van der Waals surface area contributed by atoms with Gasteiger partial charge in [0.15, 0.2) is 0 Å². The quantitative estimate of drug-likeness (QED) is 0.901. The Bertz CT molecular complexity index is 798. The topological polar surface area (TPSA) is 56.4 Å². The Kier molecular flexibility index (Phi) is 5.16. The van der Waals surface area contributed by atoms with Crippen molar-refractivity contribution in [3.63, 3.8) is 0 Å². The molecule has 26 heavy (non-hydrogen) atoms. The second-order valence-corrected chi connectivity index (χ2v) is 7.16. The summed E-state index contributed by atoms with van der Waals surface area (Å²) in [7, 11) is 0. The number of hydrogen-bond donors (Lipinski definition) is 1. The third-order valence-corrected chi connectivity index (χ3v) is 5.48. The Labute approximate surface area is 155 Å². The Balaban J connectivity index is 1.78. The molecule has 138 valence electrons. The van der Waals surface area contributed by atoms with Crippen molar-refractivity contribution in [1.82, 2.24) is 14.8 Å². The van der Waals surface area contributed by atoms with Crippen LogP contribution in [0.5, 0.6) is 0 Å². The van der Waals surface area contributed by atoms with Crippen molar-refractivity contribution in [2.75, 3.05) is 26.2 Å². The number of aryl methyl sites for hydroxylation is 2. The zero-order valence-electron chi connectivity index (χ0n) is 16.1. The molecule has 1 aromatic carbocycles. The Morgan fingerprint density at radius 1 is 0.885 bits per heavy atom. The van der Waals surface area contributed by atoms with Crippen molar-refractivity contribution in [3.05, 3.63) is 57.9 Å². The van der Waals surface area contributed by atoms with Crippen molar-refractivity contribution in [2.24, 2.45) is 0 Å². The number of aromatic amines is 1. The number of amides is 2. The molecule has 3 rings (SSSR count). The first-order valence-electron chi connectivity index (χ1n) is 9.19. The van der Waals surface area contributed by atoms with E-state index in [2.05, 4.69) is 24.9 Å². The Hall–Kier alpha value is -2.56. The fourth-order valence-corrected chi connectivity index (χ4v) is 3.65. The van der Waals surface area contributed by atoms with E-state index in [0.717, 1.165) is 34.2 Å². The molecule has 2 heterocycles. The lowest BCUT2D eigenvalue weighted by Crippen LogP contribution is -2.38. The number of nitrogens with zero attached hydrogens (tertiary/aromatic N) is 2. The summed E-state index contributed by atoms with van der Waals surface area (Å²) in [6.07, 6.45) is 2.55. The fourth-order valence-electron chi connectivity index (χ4n) is 3.65. The van der Waals surface area contributed by atoms with Gasteiger partial charge >= 0.3 is 0 Å². The number of aromatic nitrogens is 1. The molecule has 0 saturated carbocycles. The predicted octanol–water partition coefficient (Wildman–Crippen LogP) is 3.24. The SMILES string of the molecule is Cc1cc(C)c(C)c(C(=O)N2CCCN(C(=O)c3ccc[nH]3)CC2)c1C. The van der Waals surface area contributed by atoms with Gasteiger partial charge in [-0.1, -0.05) is 6.07 Å². The normalized spacial score (nSPS) is 15.1. The van der Waals surface area contributed by atoms with Crippen LogP contribution in [0, 0.1) is 27.7 Å². The van der Waals surface area contributed by atoms with E-state index in [1.54, 1.807) is 12.3 Å². The smallest absolute Gasteiger partial charge is 0.270 e. The van der Waals surface area contributed by atoms with E-state index >= 15 is 0 Å². The summed E-state index contributed by atoms with van der Waals surface area (Å²) in [5.74, 6) is 0.0871. The molecule has 1 aliphatic heterocycles. The Morgan fingerprint density at radius 2 is 1.46 bits per heavy atom. The molecule has 0 aliphatic carbocycles. The molecular formula is C21H27N3O2. The highest BCUT2D eigenvalue weighted by atomic mass is 16.2. The molecule has 1 saturated heterocycles. The van der Waals surface area contributed by atoms with Crippen molar-refractivity contribution in [1.29, 1.82) is 0 Å². The molecule has 5 nitrogen and oxygen atoms in total. The van der Waals surface area contributed by atoms with Gasteiger partial charge in [0.25, 0.3) is 11.8 Å². The number of hydrogen-bond acceptors (Lipinski definition) is 2. The van der Waals surface area contributed by atoms with Gasteiger partial charge in [-0.3, -0.25) is 9.59 Å². The van der Waals surface area contributed by atoms with Crippen LogP contribution in [0.1, 0.15) is 49.5 Å². The monoisotopic (exact) mass is 353 g/mol. The van der Waals surface area contributed by atoms with Crippen molar-refractivity contribution >= 4 is 11.8 Å². The molecular weight excluding hydrogens is 326 g/mol. The summed E-state index contributed by atoms with van der Waals surface area (Å²) in [5.41, 5.74) is 5.84. The van der Waals surface area contributed by atoms with Gasteiger partial charge in [-0.05, 0) is 68.5 Å². The summed E-state index contributed by atoms with van der Waals surface area (Å²) < 4.78 is 0. The van der Waals surface area contributed by atoms with Gasteiger partial charge in [-0.2, -0.15) is 0 Å². The molecule has 2 amide bonds. The van der Waals surface area contributed by atoms with Crippen molar-refractivity contribution in [2.45, 2.75) is 34.1 Å². The van der Waals surface area contributed by atoms with Crippen LogP contribution in [-0.2, 0) is 0 Å². The van der Waals surface area contributed by atoms with Crippen LogP contribution in [0.2, 0.25) is 0 Å². The van der Waals surface area contributed by atoms with E-state index in [4.69, 9.17) is 0 Å². The molecule has 0 radical (unpaired) electrons. The number of nitrogens with one attached hydrogen (secondary N) is 1. The van der Waals surface area contributed by atoms with Gasteiger partial charge in [0.2, 0.25) is 0 Å². The zero-order valence-corrected chi connectivity index (χ0v) is 16.1. The van der Waals surface area contributed by atoms with Gasteiger partial charge in [0.1, 0.15) is 5.69 Å². The first-order valence-corrected chi connectivity index (χ1v) is 9.19. The highest BCUT2D eigenvalue weighted by molar-refractivity contribution is 5.98. The van der Waals surface area contributed by atoms with Crippen LogP contribution >= 0.6 is 0 Å². The van der Waals surface area contributed by atoms with Crippen molar-refractivity contribution in [3.8, 4) is 0 Å². The minimum atomic E-state index is 0.00283. The van der Waals surface area contributed by atoms with E-state index in [0.29, 0.717) is 31.9 Å². The highest BCUT2D eigenvalue weighted by Gasteiger charge is 2.26. The average molecular weight is 353 g/mol. The number of carbonyl (C=O) groups is 2. The second kappa shape index (κ2) is 7.36. The number of carbonyl (C=O) groups excluding carboxylic acids is 2. The summed E-state index contributed by atoms with van der Waals surface area (Å²) in [6.45, 7) is 10.6. The largest absolute Gasteiger partial charge is 0.357 e. The summed E-state index contributed by atoms with van der Waals surface area (Å²) in [4.78, 5) is 32.5. The lowest BCUT2D eigenvalue weighted by molar-refractivity contribution is 0.0715. The minimum Gasteiger partial charge on any atom is -0.357 e. The lowest BCUT2D eigenvalue weighted by Gasteiger charge is -2.24. The maximum atomic E-state index is 13.2. The predicted molar refractivity (Wildman–Crippen MR) is 103 cm³/mol. The standard InChI is InChI=1S/C21H27N3O2/c1-14-13-15(2)17(4)19(16(14)3)21(26)24-10-6-9-23(11-12-24)20(25)18-7-5-8-22-18/h5,7-8,13,22H,6,9-12H2,1-4H3. The van der Waals surface area contributed by atoms with E-state index in [9.17, 15) is 9.59 Å². The first kappa shape index (κ1) is 18.2. The Morgan fingerprint density at radius 3 is 2.00 bits per heavy atom. The van der Waals surface area contributed by atoms with Gasteiger partial charge < -0.3 is 14.8 Å². The van der Waals surface area contributed by atoms with Crippen LogP contribution < -0.4 is 0 Å². The molecule has 1 N–H and O–H groups in total. The molecule has 0 spiro atoms. The van der Waals surface area contributed by atoms with Crippen LogP contribution in [0.4, 0.5) is 0 Å². The molecule has 5 heteroatoms. The van der Waals surface area contributed by atoms with Crippen molar-refractivity contribution < 1.29 is 9.59 Å². The van der Waals surface area contributed by atoms with Crippen LogP contribution in [0.3, 0.4) is 0 Å². The zero-order chi connectivity index (χ0) is 18.8. The second-order valence-electron chi connectivity index (χ2n) is 7.16. The molecule has 0 atom stereocenters. The summed E-state index contributed by atoms with van der Waals surface area (Å²) in [6, 6.07) is 5.76.